The van der Waals surface area contributed by atoms with Crippen LogP contribution in [0.1, 0.15) is 59.8 Å². The van der Waals surface area contributed by atoms with E-state index < -0.39 is 0 Å². The fourth-order valence-electron chi connectivity index (χ4n) is 0.886. The molecule has 0 saturated heterocycles. The summed E-state index contributed by atoms with van der Waals surface area (Å²) in [6, 6.07) is 0. The van der Waals surface area contributed by atoms with E-state index in [0.717, 1.165) is 29.0 Å². The maximum absolute atomic E-state index is 4.84. The van der Waals surface area contributed by atoms with Gasteiger partial charge in [0.15, 0.2) is 0 Å². The number of hydrogen-bond acceptors (Lipinski definition) is 4. The summed E-state index contributed by atoms with van der Waals surface area (Å²) in [5, 5.41) is 0. The fraction of sp³-hybridized carbons (Fsp3) is 0.833. The average Bonchev–Trinajstić information content (AvgIpc) is 2.26. The maximum Gasteiger partial charge on any atom is 0.0549 e. The normalized spacial score (nSPS) is 10.4. The van der Waals surface area contributed by atoms with Crippen molar-refractivity contribution in [2.75, 3.05) is 0 Å². The molecule has 4 heteroatoms. The van der Waals surface area contributed by atoms with Crippen molar-refractivity contribution in [1.82, 2.24) is 0 Å². The summed E-state index contributed by atoms with van der Waals surface area (Å²) in [6.07, 6.45) is 5.54. The van der Waals surface area contributed by atoms with Crippen molar-refractivity contribution < 1.29 is 0 Å². The van der Waals surface area contributed by atoms with E-state index in [9.17, 15) is 0 Å². The minimum absolute atomic E-state index is 0.0178. The first-order valence-electron chi connectivity index (χ1n) is 5.79. The van der Waals surface area contributed by atoms with Gasteiger partial charge >= 0.3 is 0 Å². The van der Waals surface area contributed by atoms with Crippen LogP contribution in [0, 0.1) is 0 Å². The third-order valence-corrected chi connectivity index (χ3v) is 4.26. The van der Waals surface area contributed by atoms with Crippen molar-refractivity contribution in [1.29, 1.82) is 0 Å². The molecule has 0 aliphatic heterocycles. The highest BCUT2D eigenvalue weighted by Gasteiger charge is 2.15. The predicted octanol–water partition coefficient (Wildman–Crippen LogP) is 5.30. The Labute approximate surface area is 123 Å². The van der Waals surface area contributed by atoms with E-state index in [0.29, 0.717) is 0 Å². The van der Waals surface area contributed by atoms with Gasteiger partial charge in [0.25, 0.3) is 0 Å². The quantitative estimate of drug-likeness (QED) is 0.388. The molecule has 0 aliphatic rings. The molecule has 0 rings (SSSR count). The van der Waals surface area contributed by atoms with Gasteiger partial charge in [-0.3, -0.25) is 0 Å². The van der Waals surface area contributed by atoms with Crippen molar-refractivity contribution >= 4 is 59.4 Å². The van der Waals surface area contributed by atoms with Crippen LogP contribution in [0.3, 0.4) is 0 Å². The molecule has 0 aliphatic carbocycles. The molecule has 96 valence electrons. The Morgan fingerprint density at radius 2 is 1.62 bits per heavy atom. The molecule has 0 atom stereocenters. The second-order valence-electron chi connectivity index (χ2n) is 3.77. The molecule has 0 unspecified atom stereocenters. The molecule has 0 amide bonds. The maximum atomic E-state index is 4.84. The molecular weight excluding hydrogens is 272 g/mol. The van der Waals surface area contributed by atoms with Gasteiger partial charge in [-0.15, -0.1) is 0 Å². The van der Waals surface area contributed by atoms with Gasteiger partial charge in [-0.1, -0.05) is 58.0 Å². The molecule has 0 aromatic carbocycles. The summed E-state index contributed by atoms with van der Waals surface area (Å²) < 4.78 is -0.0178. The molecule has 0 heterocycles. The topological polar surface area (TPSA) is 0 Å². The van der Waals surface area contributed by atoms with E-state index in [2.05, 4.69) is 39.1 Å². The van der Waals surface area contributed by atoms with Crippen molar-refractivity contribution in [2.45, 2.75) is 63.9 Å². The fourth-order valence-corrected chi connectivity index (χ4v) is 1.35. The van der Waals surface area contributed by atoms with Crippen LogP contribution in [-0.2, 0) is 0 Å². The van der Waals surface area contributed by atoms with Crippen LogP contribution < -0.4 is 0 Å². The number of hydrogen-bond donors (Lipinski definition) is 2. The monoisotopic (exact) mass is 296 g/mol. The number of thiocarbonyl (C=S) groups is 2. The lowest BCUT2D eigenvalue weighted by Crippen LogP contribution is -2.10. The SMILES string of the molecule is CCC(=S)C(C)=S.CCCCC(S)(S)CC. The first-order valence-corrected chi connectivity index (χ1v) is 7.50. The Balaban J connectivity index is 0. The Kier molecular flexibility index (Phi) is 13.2. The molecule has 0 nitrogen and oxygen atoms in total. The summed E-state index contributed by atoms with van der Waals surface area (Å²) in [5.74, 6) is 0. The van der Waals surface area contributed by atoms with Crippen LogP contribution in [0.25, 0.3) is 0 Å². The highest BCUT2D eigenvalue weighted by molar-refractivity contribution is 8.00. The van der Waals surface area contributed by atoms with Crippen molar-refractivity contribution in [3.8, 4) is 0 Å². The van der Waals surface area contributed by atoms with E-state index in [1.54, 1.807) is 0 Å². The smallest absolute Gasteiger partial charge is 0.0549 e. The third-order valence-electron chi connectivity index (χ3n) is 2.21. The molecule has 0 aromatic heterocycles. The molecule has 0 aromatic rings. The zero-order valence-electron chi connectivity index (χ0n) is 10.7. The van der Waals surface area contributed by atoms with Gasteiger partial charge in [-0.2, -0.15) is 25.3 Å². The van der Waals surface area contributed by atoms with Crippen molar-refractivity contribution in [2.24, 2.45) is 0 Å². The van der Waals surface area contributed by atoms with Gasteiger partial charge in [0, 0.05) is 9.73 Å². The lowest BCUT2D eigenvalue weighted by molar-refractivity contribution is 0.643. The molecule has 0 saturated carbocycles. The Morgan fingerprint density at radius 1 is 1.12 bits per heavy atom. The van der Waals surface area contributed by atoms with Crippen molar-refractivity contribution in [3.63, 3.8) is 0 Å². The van der Waals surface area contributed by atoms with Crippen molar-refractivity contribution in [3.05, 3.63) is 0 Å². The van der Waals surface area contributed by atoms with Crippen LogP contribution in [0.2, 0.25) is 0 Å². The van der Waals surface area contributed by atoms with E-state index in [4.69, 9.17) is 24.4 Å². The van der Waals surface area contributed by atoms with Crippen LogP contribution in [0.15, 0.2) is 0 Å². The van der Waals surface area contributed by atoms with E-state index in [1.807, 2.05) is 13.8 Å². The zero-order valence-corrected chi connectivity index (χ0v) is 14.2. The van der Waals surface area contributed by atoms with Crippen LogP contribution in [0.4, 0.5) is 0 Å². The number of thiol groups is 2. The Morgan fingerprint density at radius 3 is 1.81 bits per heavy atom. The van der Waals surface area contributed by atoms with Crippen LogP contribution in [-0.4, -0.2) is 13.8 Å². The molecule has 0 radical (unpaired) electrons. The minimum Gasteiger partial charge on any atom is -0.162 e. The second-order valence-corrected chi connectivity index (χ2v) is 6.94. The Bertz CT molecular complexity index is 209. The molecular formula is C12H24S4. The number of rotatable bonds is 6. The van der Waals surface area contributed by atoms with Gasteiger partial charge in [0.05, 0.1) is 4.08 Å². The number of unbranched alkanes of at least 4 members (excludes halogenated alkanes) is 1. The zero-order chi connectivity index (χ0) is 13.2. The largest absolute Gasteiger partial charge is 0.162 e. The standard InChI is InChI=1S/C7H16S2.C5H8S2/c1-3-5-6-7(8,9)4-2;1-3-5(7)4(2)6/h8-9H,3-6H2,1-2H3;3H2,1-2H3. The van der Waals surface area contributed by atoms with Crippen LogP contribution >= 0.6 is 49.7 Å². The molecule has 16 heavy (non-hydrogen) atoms. The van der Waals surface area contributed by atoms with Crippen LogP contribution in [0.5, 0.6) is 0 Å². The summed E-state index contributed by atoms with van der Waals surface area (Å²) in [7, 11) is 0. The predicted molar refractivity (Wildman–Crippen MR) is 91.7 cm³/mol. The van der Waals surface area contributed by atoms with Gasteiger partial charge < -0.3 is 0 Å². The molecule has 0 fully saturated rings. The summed E-state index contributed by atoms with van der Waals surface area (Å²) in [6.45, 7) is 8.18. The second kappa shape index (κ2) is 11.0. The molecule has 0 bridgehead atoms. The lowest BCUT2D eigenvalue weighted by atomic mass is 10.1. The highest BCUT2D eigenvalue weighted by atomic mass is 32.2. The average molecular weight is 297 g/mol. The molecule has 0 spiro atoms. The van der Waals surface area contributed by atoms with Gasteiger partial charge in [0.2, 0.25) is 0 Å². The van der Waals surface area contributed by atoms with Gasteiger partial charge in [-0.25, -0.2) is 0 Å². The van der Waals surface area contributed by atoms with E-state index >= 15 is 0 Å². The molecule has 0 N–H and O–H groups in total. The van der Waals surface area contributed by atoms with Gasteiger partial charge in [0.1, 0.15) is 0 Å². The third kappa shape index (κ3) is 12.9. The van der Waals surface area contributed by atoms with Gasteiger partial charge in [-0.05, 0) is 26.2 Å². The first-order chi connectivity index (χ1) is 7.30. The highest BCUT2D eigenvalue weighted by Crippen LogP contribution is 2.29. The Hall–Kier alpha value is 0.880. The summed E-state index contributed by atoms with van der Waals surface area (Å²) in [5.41, 5.74) is 0. The van der Waals surface area contributed by atoms with E-state index in [1.165, 1.54) is 12.8 Å². The first kappa shape index (κ1) is 19.2. The van der Waals surface area contributed by atoms with E-state index in [-0.39, 0.29) is 4.08 Å². The summed E-state index contributed by atoms with van der Waals surface area (Å²) in [4.78, 5) is 1.77. The lowest BCUT2D eigenvalue weighted by Gasteiger charge is -2.19. The summed E-state index contributed by atoms with van der Waals surface area (Å²) >= 11 is 18.4. The minimum atomic E-state index is -0.0178.